The highest BCUT2D eigenvalue weighted by Gasteiger charge is 2.25. The fourth-order valence-electron chi connectivity index (χ4n) is 2.31. The van der Waals surface area contributed by atoms with Crippen LogP contribution in [0.4, 0.5) is 0 Å². The highest BCUT2D eigenvalue weighted by molar-refractivity contribution is 7.97. The van der Waals surface area contributed by atoms with Gasteiger partial charge in [-0.15, -0.1) is 0 Å². The van der Waals surface area contributed by atoms with E-state index in [4.69, 9.17) is 14.3 Å². The maximum Gasteiger partial charge on any atom is 0.289 e. The molecule has 1 aliphatic heterocycles. The van der Waals surface area contributed by atoms with Gasteiger partial charge in [0.25, 0.3) is 5.91 Å². The van der Waals surface area contributed by atoms with Gasteiger partial charge >= 0.3 is 0 Å². The molecule has 0 spiro atoms. The van der Waals surface area contributed by atoms with Gasteiger partial charge in [0.1, 0.15) is 5.76 Å². The van der Waals surface area contributed by atoms with Gasteiger partial charge in [-0.2, -0.15) is 11.8 Å². The Labute approximate surface area is 123 Å². The summed E-state index contributed by atoms with van der Waals surface area (Å²) in [4.78, 5) is 14.1. The zero-order valence-electron chi connectivity index (χ0n) is 11.7. The normalized spacial score (nSPS) is 16.6. The number of piperidine rings is 1. The van der Waals surface area contributed by atoms with Crippen LogP contribution >= 0.6 is 11.8 Å². The number of hydrogen-bond donors (Lipinski definition) is 1. The maximum atomic E-state index is 12.3. The van der Waals surface area contributed by atoms with E-state index in [0.29, 0.717) is 25.5 Å². The molecule has 1 aromatic heterocycles. The SMILES string of the molecule is CSCc1ccc(C(=O)N2CCC(OCCO)CC2)o1. The second-order valence-corrected chi connectivity index (χ2v) is 5.65. The quantitative estimate of drug-likeness (QED) is 0.867. The van der Waals surface area contributed by atoms with Crippen molar-refractivity contribution in [2.75, 3.05) is 32.6 Å². The second kappa shape index (κ2) is 7.71. The second-order valence-electron chi connectivity index (χ2n) is 4.78. The number of amides is 1. The van der Waals surface area contributed by atoms with Crippen molar-refractivity contribution in [3.63, 3.8) is 0 Å². The topological polar surface area (TPSA) is 62.9 Å². The minimum atomic E-state index is -0.0436. The van der Waals surface area contributed by atoms with Crippen LogP contribution in [0.15, 0.2) is 16.5 Å². The number of aliphatic hydroxyl groups is 1. The third-order valence-corrected chi connectivity index (χ3v) is 3.91. The van der Waals surface area contributed by atoms with Gasteiger partial charge in [0, 0.05) is 13.1 Å². The van der Waals surface area contributed by atoms with Crippen molar-refractivity contribution >= 4 is 17.7 Å². The summed E-state index contributed by atoms with van der Waals surface area (Å²) in [6.07, 6.45) is 3.77. The highest BCUT2D eigenvalue weighted by Crippen LogP contribution is 2.19. The summed E-state index contributed by atoms with van der Waals surface area (Å²) < 4.78 is 11.0. The average molecular weight is 299 g/mol. The Kier molecular flexibility index (Phi) is 5.94. The Hall–Kier alpha value is -0.980. The highest BCUT2D eigenvalue weighted by atomic mass is 32.2. The number of ether oxygens (including phenoxy) is 1. The van der Waals surface area contributed by atoms with E-state index < -0.39 is 0 Å². The van der Waals surface area contributed by atoms with Crippen molar-refractivity contribution in [1.29, 1.82) is 0 Å². The van der Waals surface area contributed by atoms with E-state index in [0.717, 1.165) is 24.4 Å². The fourth-order valence-corrected chi connectivity index (χ4v) is 2.75. The molecule has 0 saturated carbocycles. The van der Waals surface area contributed by atoms with Crippen molar-refractivity contribution < 1.29 is 19.1 Å². The van der Waals surface area contributed by atoms with Gasteiger partial charge in [0.05, 0.1) is 25.1 Å². The first-order chi connectivity index (χ1) is 9.74. The molecule has 1 aromatic rings. The van der Waals surface area contributed by atoms with Crippen LogP contribution in [0.3, 0.4) is 0 Å². The Morgan fingerprint density at radius 1 is 1.50 bits per heavy atom. The third-order valence-electron chi connectivity index (χ3n) is 3.33. The van der Waals surface area contributed by atoms with Crippen LogP contribution < -0.4 is 0 Å². The predicted octanol–water partition coefficient (Wildman–Crippen LogP) is 1.76. The van der Waals surface area contributed by atoms with Crippen LogP contribution in [0.25, 0.3) is 0 Å². The van der Waals surface area contributed by atoms with Crippen molar-refractivity contribution in [3.05, 3.63) is 23.7 Å². The molecule has 1 N–H and O–H groups in total. The van der Waals surface area contributed by atoms with Crippen LogP contribution in [0.2, 0.25) is 0 Å². The molecule has 5 nitrogen and oxygen atoms in total. The predicted molar refractivity (Wildman–Crippen MR) is 77.9 cm³/mol. The van der Waals surface area contributed by atoms with E-state index in [1.165, 1.54) is 0 Å². The van der Waals surface area contributed by atoms with Gasteiger partial charge in [-0.25, -0.2) is 0 Å². The molecule has 20 heavy (non-hydrogen) atoms. The minimum Gasteiger partial charge on any atom is -0.455 e. The third kappa shape index (κ3) is 4.01. The monoisotopic (exact) mass is 299 g/mol. The summed E-state index contributed by atoms with van der Waals surface area (Å²) in [6, 6.07) is 3.61. The molecule has 0 aliphatic carbocycles. The molecule has 2 rings (SSSR count). The van der Waals surface area contributed by atoms with E-state index in [-0.39, 0.29) is 18.6 Å². The standard InChI is InChI=1S/C14H21NO4S/c1-20-10-12-2-3-13(19-12)14(17)15-6-4-11(5-7-15)18-9-8-16/h2-3,11,16H,4-10H2,1H3. The molecule has 6 heteroatoms. The first-order valence-corrected chi connectivity index (χ1v) is 8.23. The number of nitrogens with zero attached hydrogens (tertiary/aromatic N) is 1. The van der Waals surface area contributed by atoms with Crippen molar-refractivity contribution in [2.45, 2.75) is 24.7 Å². The summed E-state index contributed by atoms with van der Waals surface area (Å²) in [5, 5.41) is 8.73. The van der Waals surface area contributed by atoms with Gasteiger partial charge in [0.2, 0.25) is 0 Å². The zero-order valence-corrected chi connectivity index (χ0v) is 12.5. The largest absolute Gasteiger partial charge is 0.455 e. The molecule has 2 heterocycles. The van der Waals surface area contributed by atoms with Gasteiger partial charge in [0.15, 0.2) is 5.76 Å². The fraction of sp³-hybridized carbons (Fsp3) is 0.643. The van der Waals surface area contributed by atoms with Crippen LogP contribution in [0.1, 0.15) is 29.2 Å². The lowest BCUT2D eigenvalue weighted by Gasteiger charge is -2.31. The number of furan rings is 1. The Balaban J connectivity index is 1.84. The van der Waals surface area contributed by atoms with Crippen molar-refractivity contribution in [3.8, 4) is 0 Å². The van der Waals surface area contributed by atoms with E-state index in [1.54, 1.807) is 22.7 Å². The summed E-state index contributed by atoms with van der Waals surface area (Å²) in [6.45, 7) is 1.76. The Morgan fingerprint density at radius 2 is 2.25 bits per heavy atom. The number of carbonyl (C=O) groups excluding carboxylic acids is 1. The molecular formula is C14H21NO4S. The summed E-state index contributed by atoms with van der Waals surface area (Å²) >= 11 is 1.67. The number of aliphatic hydroxyl groups excluding tert-OH is 1. The van der Waals surface area contributed by atoms with Crippen LogP contribution in [0, 0.1) is 0 Å². The van der Waals surface area contributed by atoms with Crippen LogP contribution in [-0.4, -0.2) is 54.6 Å². The molecule has 1 fully saturated rings. The van der Waals surface area contributed by atoms with Gasteiger partial charge < -0.3 is 19.2 Å². The average Bonchev–Trinajstić information content (AvgIpc) is 2.94. The van der Waals surface area contributed by atoms with Gasteiger partial charge in [-0.3, -0.25) is 4.79 Å². The molecule has 1 amide bonds. The molecule has 0 radical (unpaired) electrons. The summed E-state index contributed by atoms with van der Waals surface area (Å²) in [5.74, 6) is 1.99. The van der Waals surface area contributed by atoms with E-state index >= 15 is 0 Å². The lowest BCUT2D eigenvalue weighted by molar-refractivity contribution is -0.00610. The van der Waals surface area contributed by atoms with Crippen molar-refractivity contribution in [1.82, 2.24) is 4.90 Å². The Morgan fingerprint density at radius 3 is 2.90 bits per heavy atom. The Bertz CT molecular complexity index is 427. The number of carbonyl (C=O) groups is 1. The summed E-state index contributed by atoms with van der Waals surface area (Å²) in [7, 11) is 0. The minimum absolute atomic E-state index is 0.0436. The summed E-state index contributed by atoms with van der Waals surface area (Å²) in [5.41, 5.74) is 0. The van der Waals surface area contributed by atoms with Crippen LogP contribution in [-0.2, 0) is 10.5 Å². The van der Waals surface area contributed by atoms with Gasteiger partial charge in [-0.05, 0) is 31.2 Å². The lowest BCUT2D eigenvalue weighted by atomic mass is 10.1. The number of hydrogen-bond acceptors (Lipinski definition) is 5. The first kappa shape index (κ1) is 15.4. The van der Waals surface area contributed by atoms with E-state index in [2.05, 4.69) is 0 Å². The molecule has 1 aliphatic rings. The molecule has 1 saturated heterocycles. The lowest BCUT2D eigenvalue weighted by Crippen LogP contribution is -2.41. The molecule has 112 valence electrons. The maximum absolute atomic E-state index is 12.3. The molecule has 0 aromatic carbocycles. The molecular weight excluding hydrogens is 278 g/mol. The first-order valence-electron chi connectivity index (χ1n) is 6.84. The van der Waals surface area contributed by atoms with E-state index in [9.17, 15) is 4.79 Å². The molecule has 0 unspecified atom stereocenters. The number of rotatable bonds is 6. The molecule has 0 atom stereocenters. The van der Waals surface area contributed by atoms with Crippen LogP contribution in [0.5, 0.6) is 0 Å². The number of thioether (sulfide) groups is 1. The number of likely N-dealkylation sites (tertiary alicyclic amines) is 1. The molecule has 0 bridgehead atoms. The zero-order chi connectivity index (χ0) is 14.4. The van der Waals surface area contributed by atoms with Crippen molar-refractivity contribution in [2.24, 2.45) is 0 Å². The smallest absolute Gasteiger partial charge is 0.289 e. The van der Waals surface area contributed by atoms with Gasteiger partial charge in [-0.1, -0.05) is 0 Å². The van der Waals surface area contributed by atoms with E-state index in [1.807, 2.05) is 12.3 Å².